The predicted molar refractivity (Wildman–Crippen MR) is 44.3 cm³/mol. The Morgan fingerprint density at radius 2 is 1.57 bits per heavy atom. The molecule has 2 aromatic rings. The van der Waals surface area contributed by atoms with Crippen LogP contribution < -0.4 is 71.9 Å². The molecule has 0 radical (unpaired) electrons. The maximum atomic E-state index is 2.20. The van der Waals surface area contributed by atoms with Crippen molar-refractivity contribution in [3.8, 4) is 0 Å². The van der Waals surface area contributed by atoms with Gasteiger partial charge in [-0.05, 0) is 0 Å². The Hall–Kier alpha value is 1.89. The minimum absolute atomic E-state index is 0. The Bertz CT molecular complexity index is 324. The molecule has 4 heteroatoms. The topological polar surface area (TPSA) is 0 Å². The van der Waals surface area contributed by atoms with E-state index in [1.165, 1.54) is 16.3 Å². The van der Waals surface area contributed by atoms with Gasteiger partial charge in [-0.15, -0.1) is 40.6 Å². The summed E-state index contributed by atoms with van der Waals surface area (Å²) >= 11 is 0. The summed E-state index contributed by atoms with van der Waals surface area (Å²) in [6.07, 6.45) is 0. The van der Waals surface area contributed by atoms with Crippen LogP contribution in [0.1, 0.15) is 5.56 Å². The van der Waals surface area contributed by atoms with Gasteiger partial charge in [0.2, 0.25) is 0 Å². The average molecular weight is 688 g/mol. The van der Waals surface area contributed by atoms with Gasteiger partial charge in [0.1, 0.15) is 0 Å². The van der Waals surface area contributed by atoms with E-state index in [1.807, 2.05) is 0 Å². The molecular weight excluding hydrogens is 679 g/mol. The Labute approximate surface area is 155 Å². The van der Waals surface area contributed by atoms with E-state index in [9.17, 15) is 0 Å². The third-order valence-corrected chi connectivity index (χ3v) is 1.76. The molecule has 0 fully saturated rings. The fourth-order valence-electron chi connectivity index (χ4n) is 1.31. The summed E-state index contributed by atoms with van der Waals surface area (Å²) in [5.41, 5.74) is 1.35. The largest absolute Gasteiger partial charge is 4.00 e. The second-order valence-electron chi connectivity index (χ2n) is 2.66. The molecule has 0 nitrogen and oxygen atoms in total. The Kier molecular flexibility index (Phi) is 15.3. The fourth-order valence-corrected chi connectivity index (χ4v) is 1.31. The van der Waals surface area contributed by atoms with Crippen molar-refractivity contribution < 1.29 is 97.8 Å². The van der Waals surface area contributed by atoms with Crippen LogP contribution >= 0.6 is 0 Å². The van der Waals surface area contributed by atoms with Gasteiger partial charge in [0.15, 0.2) is 0 Å². The van der Waals surface area contributed by atoms with E-state index in [0.717, 1.165) is 0 Å². The molecule has 0 heterocycles. The Morgan fingerprint density at radius 3 is 2.14 bits per heavy atom. The summed E-state index contributed by atoms with van der Waals surface area (Å²) < 4.78 is 0. The van der Waals surface area contributed by atoms with E-state index >= 15 is 0 Å². The molecule has 0 aliphatic rings. The number of hydrogen-bond donors (Lipinski definition) is 0. The maximum absolute atomic E-state index is 2.20. The van der Waals surface area contributed by atoms with Crippen LogP contribution in [0.5, 0.6) is 0 Å². The third-order valence-electron chi connectivity index (χ3n) is 1.76. The number of halogens is 3. The molecule has 0 N–H and O–H groups in total. The first-order valence-corrected chi connectivity index (χ1v) is 3.48. The quantitative estimate of drug-likeness (QED) is 0.147. The van der Waals surface area contributed by atoms with E-state index in [1.54, 1.807) is 0 Å². The fraction of sp³-hybridized carbons (Fsp3) is 0.100. The van der Waals surface area contributed by atoms with Crippen LogP contribution in [0, 0.1) is 6.92 Å². The predicted octanol–water partition coefficient (Wildman–Crippen LogP) is -6.12. The number of aryl methyl sites for hydroxylation is 1. The molecule has 0 bridgehead atoms. The van der Waals surface area contributed by atoms with E-state index in [4.69, 9.17) is 0 Å². The van der Waals surface area contributed by atoms with Gasteiger partial charge in [-0.25, -0.2) is 0 Å². The molecule has 0 saturated heterocycles. The number of hydrogen-bond acceptors (Lipinski definition) is 0. The van der Waals surface area contributed by atoms with Gasteiger partial charge < -0.3 is 71.9 Å². The van der Waals surface area contributed by atoms with Crippen LogP contribution in [0.15, 0.2) is 36.4 Å². The average Bonchev–Trinajstić information content (AvgIpc) is 2.27. The van der Waals surface area contributed by atoms with Gasteiger partial charge in [0.05, 0.1) is 0 Å². The molecule has 2 rings (SSSR count). The Morgan fingerprint density at radius 1 is 1.00 bits per heavy atom. The molecule has 0 atom stereocenters. The molecule has 0 aromatic heterocycles. The summed E-state index contributed by atoms with van der Waals surface area (Å²) in [7, 11) is 0. The van der Waals surface area contributed by atoms with E-state index in [0.29, 0.717) is 0 Å². The van der Waals surface area contributed by atoms with Gasteiger partial charge in [-0.2, -0.15) is 6.07 Å². The van der Waals surface area contributed by atoms with Gasteiger partial charge in [0, 0.05) is 0 Å². The van der Waals surface area contributed by atoms with Crippen molar-refractivity contribution in [1.29, 1.82) is 0 Å². The number of rotatable bonds is 0. The van der Waals surface area contributed by atoms with Crippen LogP contribution in [-0.4, -0.2) is 0 Å². The monoisotopic (exact) mass is 690 g/mol. The first-order chi connectivity index (χ1) is 4.86. The molecular formula is C10H9HfI3. The normalized spacial score (nSPS) is 7.50. The van der Waals surface area contributed by atoms with Crippen molar-refractivity contribution in [2.75, 3.05) is 0 Å². The van der Waals surface area contributed by atoms with Crippen LogP contribution in [0.2, 0.25) is 0 Å². The molecule has 0 amide bonds. The molecule has 0 aliphatic heterocycles. The second kappa shape index (κ2) is 10.1. The summed E-state index contributed by atoms with van der Waals surface area (Å²) in [6.45, 7) is 2.12. The first-order valence-electron chi connectivity index (χ1n) is 3.48. The number of fused-ring (bicyclic) bond motifs is 1. The maximum Gasteiger partial charge on any atom is 4.00 e. The molecule has 0 saturated carbocycles. The van der Waals surface area contributed by atoms with Crippen molar-refractivity contribution in [3.63, 3.8) is 0 Å². The summed E-state index contributed by atoms with van der Waals surface area (Å²) in [4.78, 5) is 0. The summed E-state index contributed by atoms with van der Waals surface area (Å²) in [5.74, 6) is 0. The van der Waals surface area contributed by atoms with E-state index < -0.39 is 0 Å². The van der Waals surface area contributed by atoms with Gasteiger partial charge in [0.25, 0.3) is 0 Å². The van der Waals surface area contributed by atoms with Crippen molar-refractivity contribution in [1.82, 2.24) is 0 Å². The van der Waals surface area contributed by atoms with Crippen molar-refractivity contribution in [3.05, 3.63) is 42.0 Å². The molecule has 0 unspecified atom stereocenters. The molecule has 14 heavy (non-hydrogen) atoms. The van der Waals surface area contributed by atoms with Gasteiger partial charge in [-0.3, -0.25) is 0 Å². The minimum atomic E-state index is 0. The SMILES string of the molecule is Cc1cc2ccccc2[cH-]1.[Hf+4].[I-].[I-].[I-]. The van der Waals surface area contributed by atoms with Crippen molar-refractivity contribution in [2.24, 2.45) is 0 Å². The summed E-state index contributed by atoms with van der Waals surface area (Å²) in [6, 6.07) is 12.8. The van der Waals surface area contributed by atoms with Crippen molar-refractivity contribution >= 4 is 10.8 Å². The first kappa shape index (κ1) is 21.2. The number of benzene rings is 1. The van der Waals surface area contributed by atoms with Crippen LogP contribution in [0.3, 0.4) is 0 Å². The van der Waals surface area contributed by atoms with E-state index in [-0.39, 0.29) is 97.8 Å². The standard InChI is InChI=1S/C10H9.Hf.3HI/c1-8-6-9-4-2-3-5-10(9)7-8;;;;/h2-7H,1H3;;3*1H/q-1;+4;;;/p-3. The summed E-state index contributed by atoms with van der Waals surface area (Å²) in [5, 5.41) is 2.69. The molecule has 74 valence electrons. The van der Waals surface area contributed by atoms with Crippen molar-refractivity contribution in [2.45, 2.75) is 6.92 Å². The zero-order valence-electron chi connectivity index (χ0n) is 7.60. The smallest absolute Gasteiger partial charge is 1.00 e. The molecule has 0 spiro atoms. The van der Waals surface area contributed by atoms with Crippen LogP contribution in [-0.2, 0) is 25.8 Å². The zero-order valence-corrected chi connectivity index (χ0v) is 17.7. The molecule has 0 aliphatic carbocycles. The van der Waals surface area contributed by atoms with Crippen LogP contribution in [0.4, 0.5) is 0 Å². The second-order valence-corrected chi connectivity index (χ2v) is 2.66. The Balaban J connectivity index is -0.000000302. The minimum Gasteiger partial charge on any atom is -1.00 e. The van der Waals surface area contributed by atoms with Gasteiger partial charge >= 0.3 is 25.8 Å². The molecule has 2 aromatic carbocycles. The van der Waals surface area contributed by atoms with E-state index in [2.05, 4.69) is 43.3 Å². The van der Waals surface area contributed by atoms with Crippen LogP contribution in [0.25, 0.3) is 10.8 Å². The zero-order chi connectivity index (χ0) is 6.97. The third kappa shape index (κ3) is 5.29. The van der Waals surface area contributed by atoms with Gasteiger partial charge in [-0.1, -0.05) is 13.0 Å².